The number of methoxy groups -OCH3 is 2. The SMILES string of the molecule is COC(=O)[N+]1(C(=O)NCc2ccc(C(=O)OC(C)(C)C)cc2Cl)C[C@H](OC)CC1C. The number of carbonyl (C=O) groups is 3. The van der Waals surface area contributed by atoms with E-state index in [0.717, 1.165) is 0 Å². The van der Waals surface area contributed by atoms with Crippen molar-refractivity contribution in [1.29, 1.82) is 0 Å². The van der Waals surface area contributed by atoms with E-state index in [1.54, 1.807) is 40.0 Å². The molecule has 0 radical (unpaired) electrons. The fourth-order valence-corrected chi connectivity index (χ4v) is 3.80. The molecule has 3 amide bonds. The van der Waals surface area contributed by atoms with E-state index in [4.69, 9.17) is 25.8 Å². The van der Waals surface area contributed by atoms with Gasteiger partial charge in [-0.05, 0) is 45.4 Å². The average molecular weight is 442 g/mol. The van der Waals surface area contributed by atoms with Crippen molar-refractivity contribution in [1.82, 2.24) is 5.32 Å². The smallest absolute Gasteiger partial charge is 0.456 e. The number of nitrogens with one attached hydrogen (secondary N) is 1. The van der Waals surface area contributed by atoms with Crippen molar-refractivity contribution < 1.29 is 33.1 Å². The average Bonchev–Trinajstić information content (AvgIpc) is 3.02. The quantitative estimate of drug-likeness (QED) is 0.563. The summed E-state index contributed by atoms with van der Waals surface area (Å²) >= 11 is 6.31. The molecule has 1 aromatic carbocycles. The summed E-state index contributed by atoms with van der Waals surface area (Å²) in [6, 6.07) is 3.95. The van der Waals surface area contributed by atoms with Gasteiger partial charge in [0.2, 0.25) is 0 Å². The van der Waals surface area contributed by atoms with Crippen LogP contribution in [-0.2, 0) is 20.8 Å². The number of nitrogens with zero attached hydrogens (tertiary/aromatic N) is 1. The van der Waals surface area contributed by atoms with Crippen LogP contribution in [0.2, 0.25) is 5.02 Å². The lowest BCUT2D eigenvalue weighted by Gasteiger charge is -2.30. The fraction of sp³-hybridized carbons (Fsp3) is 0.571. The molecule has 1 aromatic rings. The third-order valence-electron chi connectivity index (χ3n) is 5.16. The van der Waals surface area contributed by atoms with E-state index in [-0.39, 0.29) is 25.2 Å². The Balaban J connectivity index is 2.14. The molecule has 166 valence electrons. The van der Waals surface area contributed by atoms with Crippen LogP contribution in [0.25, 0.3) is 0 Å². The second-order valence-electron chi connectivity index (χ2n) is 8.43. The molecule has 1 aliphatic heterocycles. The van der Waals surface area contributed by atoms with E-state index >= 15 is 0 Å². The van der Waals surface area contributed by atoms with Crippen LogP contribution in [0.15, 0.2) is 18.2 Å². The number of halogens is 1. The maximum Gasteiger partial charge on any atom is 0.525 e. The van der Waals surface area contributed by atoms with Gasteiger partial charge in [0.05, 0.1) is 12.7 Å². The predicted octanol–water partition coefficient (Wildman–Crippen LogP) is 3.90. The summed E-state index contributed by atoms with van der Waals surface area (Å²) in [5, 5.41) is 3.09. The molecule has 3 atom stereocenters. The molecule has 1 heterocycles. The molecule has 0 aromatic heterocycles. The van der Waals surface area contributed by atoms with Gasteiger partial charge in [-0.3, -0.25) is 0 Å². The summed E-state index contributed by atoms with van der Waals surface area (Å²) in [5.41, 5.74) is 0.309. The van der Waals surface area contributed by atoms with Crippen LogP contribution in [0.3, 0.4) is 0 Å². The van der Waals surface area contributed by atoms with Crippen LogP contribution in [0.4, 0.5) is 9.59 Å². The zero-order chi connectivity index (χ0) is 22.7. The van der Waals surface area contributed by atoms with Crippen LogP contribution in [0, 0.1) is 0 Å². The number of carbonyl (C=O) groups excluding carboxylic acids is 3. The molecule has 1 fully saturated rings. The molecule has 1 saturated heterocycles. The number of likely N-dealkylation sites (tertiary alicyclic amines) is 1. The minimum Gasteiger partial charge on any atom is -0.456 e. The molecule has 2 rings (SSSR count). The molecule has 1 aliphatic rings. The van der Waals surface area contributed by atoms with Gasteiger partial charge in [0.15, 0.2) is 0 Å². The van der Waals surface area contributed by atoms with Gasteiger partial charge in [-0.15, -0.1) is 4.48 Å². The Morgan fingerprint density at radius 3 is 2.40 bits per heavy atom. The van der Waals surface area contributed by atoms with Gasteiger partial charge in [0, 0.05) is 25.1 Å². The number of benzene rings is 1. The van der Waals surface area contributed by atoms with E-state index < -0.39 is 28.2 Å². The molecule has 1 N–H and O–H groups in total. The minimum atomic E-state index is -0.633. The molecule has 0 aliphatic carbocycles. The topological polar surface area (TPSA) is 90.9 Å². The molecule has 30 heavy (non-hydrogen) atoms. The first-order valence-electron chi connectivity index (χ1n) is 9.73. The molecular formula is C21H30ClN2O6+. The van der Waals surface area contributed by atoms with E-state index in [1.807, 2.05) is 6.92 Å². The van der Waals surface area contributed by atoms with E-state index in [0.29, 0.717) is 22.6 Å². The predicted molar refractivity (Wildman–Crippen MR) is 111 cm³/mol. The van der Waals surface area contributed by atoms with Crippen molar-refractivity contribution in [2.24, 2.45) is 0 Å². The lowest BCUT2D eigenvalue weighted by atomic mass is 10.1. The number of urea groups is 1. The number of quaternary nitrogens is 1. The summed E-state index contributed by atoms with van der Waals surface area (Å²) in [4.78, 5) is 37.8. The highest BCUT2D eigenvalue weighted by Gasteiger charge is 2.57. The van der Waals surface area contributed by atoms with Crippen LogP contribution < -0.4 is 5.32 Å². The van der Waals surface area contributed by atoms with Gasteiger partial charge in [0.25, 0.3) is 0 Å². The Morgan fingerprint density at radius 2 is 1.90 bits per heavy atom. The van der Waals surface area contributed by atoms with E-state index in [2.05, 4.69) is 5.32 Å². The van der Waals surface area contributed by atoms with Gasteiger partial charge in [-0.1, -0.05) is 17.7 Å². The van der Waals surface area contributed by atoms with Gasteiger partial charge in [-0.2, -0.15) is 4.79 Å². The number of esters is 1. The molecule has 0 spiro atoms. The first-order valence-corrected chi connectivity index (χ1v) is 10.1. The fourth-order valence-electron chi connectivity index (χ4n) is 3.56. The van der Waals surface area contributed by atoms with E-state index in [1.165, 1.54) is 13.2 Å². The molecule has 0 saturated carbocycles. The number of imide groups is 1. The second-order valence-corrected chi connectivity index (χ2v) is 8.84. The highest BCUT2D eigenvalue weighted by atomic mass is 35.5. The zero-order valence-corrected chi connectivity index (χ0v) is 19.0. The van der Waals surface area contributed by atoms with Crippen LogP contribution in [0.5, 0.6) is 0 Å². The van der Waals surface area contributed by atoms with Gasteiger partial charge in [-0.25, -0.2) is 9.59 Å². The van der Waals surface area contributed by atoms with Gasteiger partial charge in [0.1, 0.15) is 24.3 Å². The molecule has 8 nitrogen and oxygen atoms in total. The Morgan fingerprint density at radius 1 is 1.23 bits per heavy atom. The number of hydrogen-bond acceptors (Lipinski definition) is 6. The first-order chi connectivity index (χ1) is 13.9. The van der Waals surface area contributed by atoms with Crippen LogP contribution in [0.1, 0.15) is 50.0 Å². The number of hydrogen-bond donors (Lipinski definition) is 1. The second kappa shape index (κ2) is 9.32. The molecule has 2 unspecified atom stereocenters. The summed E-state index contributed by atoms with van der Waals surface area (Å²) in [5.74, 6) is -0.480. The normalized spacial score (nSPS) is 23.7. The van der Waals surface area contributed by atoms with Gasteiger partial charge >= 0.3 is 18.1 Å². The first kappa shape index (κ1) is 24.1. The maximum absolute atomic E-state index is 13.0. The Kier molecular flexibility index (Phi) is 7.49. The molecule has 9 heteroatoms. The third kappa shape index (κ3) is 5.11. The van der Waals surface area contributed by atoms with Crippen molar-refractivity contribution in [3.05, 3.63) is 34.3 Å². The molecule has 0 bridgehead atoms. The minimum absolute atomic E-state index is 0.0909. The highest BCUT2D eigenvalue weighted by Crippen LogP contribution is 2.31. The Labute approximate surface area is 182 Å². The highest BCUT2D eigenvalue weighted by molar-refractivity contribution is 6.31. The lowest BCUT2D eigenvalue weighted by Crippen LogP contribution is -2.63. The Hall–Kier alpha value is -2.16. The summed E-state index contributed by atoms with van der Waals surface area (Å²) in [6.07, 6.45) is -0.294. The lowest BCUT2D eigenvalue weighted by molar-refractivity contribution is -0.789. The van der Waals surface area contributed by atoms with Crippen molar-refractivity contribution in [2.45, 2.75) is 58.4 Å². The third-order valence-corrected chi connectivity index (χ3v) is 5.51. The zero-order valence-electron chi connectivity index (χ0n) is 18.3. The Bertz CT molecular complexity index is 822. The molecular weight excluding hydrogens is 412 g/mol. The standard InChI is InChI=1S/C21H29ClN2O6/c1-13-9-16(28-5)12-24(13,20(27)29-6)19(26)23-11-15-8-7-14(10-17(15)22)18(25)30-21(2,3)4/h7-8,10,13,16H,9,11-12H2,1-6H3/p+1/t13?,16-,24?/m1/s1. The monoisotopic (exact) mass is 441 g/mol. The summed E-state index contributed by atoms with van der Waals surface area (Å²) in [7, 11) is 2.81. The van der Waals surface area contributed by atoms with Gasteiger partial charge < -0.3 is 19.5 Å². The van der Waals surface area contributed by atoms with E-state index in [9.17, 15) is 14.4 Å². The van der Waals surface area contributed by atoms with Crippen molar-refractivity contribution in [3.8, 4) is 0 Å². The summed E-state index contributed by atoms with van der Waals surface area (Å²) in [6.45, 7) is 7.45. The maximum atomic E-state index is 13.0. The van der Waals surface area contributed by atoms with Crippen molar-refractivity contribution in [3.63, 3.8) is 0 Å². The van der Waals surface area contributed by atoms with Crippen molar-refractivity contribution in [2.75, 3.05) is 20.8 Å². The summed E-state index contributed by atoms with van der Waals surface area (Å²) < 4.78 is 15.1. The number of amides is 3. The van der Waals surface area contributed by atoms with Crippen LogP contribution in [-0.4, -0.2) is 61.1 Å². The number of ether oxygens (including phenoxy) is 3. The largest absolute Gasteiger partial charge is 0.525 e. The number of rotatable bonds is 4. The van der Waals surface area contributed by atoms with Crippen LogP contribution >= 0.6 is 11.6 Å². The van der Waals surface area contributed by atoms with Crippen molar-refractivity contribution >= 4 is 29.7 Å².